The van der Waals surface area contributed by atoms with E-state index in [1.54, 1.807) is 64.3 Å². The minimum absolute atomic E-state index is 0.00883. The molecule has 0 saturated carbocycles. The summed E-state index contributed by atoms with van der Waals surface area (Å²) in [5.74, 6) is -11.7. The number of nitrogens with one attached hydrogen (secondary N) is 10. The van der Waals surface area contributed by atoms with Crippen LogP contribution in [0.25, 0.3) is 0 Å². The van der Waals surface area contributed by atoms with Crippen molar-refractivity contribution in [3.05, 3.63) is 54.1 Å². The molecule has 0 radical (unpaired) electrons. The van der Waals surface area contributed by atoms with Gasteiger partial charge in [0.05, 0.1) is 12.9 Å². The van der Waals surface area contributed by atoms with Crippen LogP contribution < -0.4 is 65.1 Å². The van der Waals surface area contributed by atoms with Crippen LogP contribution in [-0.4, -0.2) is 247 Å². The Morgan fingerprint density at radius 3 is 1.58 bits per heavy atom. The van der Waals surface area contributed by atoms with Crippen LogP contribution >= 0.6 is 24.4 Å². The summed E-state index contributed by atoms with van der Waals surface area (Å²) in [5, 5.41) is 44.7. The number of H-pyrrole nitrogens is 1. The standard InChI is InChI=1S/C79H128N18O16S2/c1-7-8-9-10-11-12-13-14-15-16-17-18-22-33-64(99)86-55(78(112)113)34-35-65(100)87-60(47-114)72(106)89-54(36-41-115-6)75(109)96-39-25-31-62(96)73(107)91-56(42-49(2)3)69(103)90-57(44-52-45-83-48-85-52)70(104)93-59(46-98)71(105)88-53(29-23-37-84-79(81)82)68(102)94-66(50(4)5)77(111)97-40-26-32-63(97)74(108)92-58(43-51-27-20-19-21-28-51)76(110)95-38-24-30-61(95)67(80)101/h19-21,27-28,45,48-50,53-63,66,98,114H,7-18,22-26,29-44,46-47H2,1-6H3,(H2,80,101)(H,83,85)(H,86,99)(H,87,100)(H,88,105)(H,89,106)(H,90,103)(H,91,107)(H,92,108)(H,93,104)(H,94,102)(H,112,113)(H4,81,82,84)/t53-,54-,55-,56-,57-,58-,59-,60-,61-,62-,63-,66-/m0/s1. The normalized spacial score (nSPS) is 17.7. The van der Waals surface area contributed by atoms with Gasteiger partial charge in [-0.1, -0.05) is 142 Å². The van der Waals surface area contributed by atoms with Crippen molar-refractivity contribution in [2.24, 2.45) is 34.0 Å². The molecular weight excluding hydrogens is 1520 g/mol. The van der Waals surface area contributed by atoms with E-state index in [1.807, 2.05) is 0 Å². The van der Waals surface area contributed by atoms with Crippen LogP contribution in [-0.2, 0) is 80.0 Å². The average molecular weight is 1650 g/mol. The zero-order valence-electron chi connectivity index (χ0n) is 67.8. The monoisotopic (exact) mass is 1650 g/mol. The topological polar surface area (TPSA) is 517 Å². The number of hydrogen-bond donors (Lipinski definition) is 16. The molecule has 642 valence electrons. The molecule has 2 aromatic rings. The number of amides is 13. The third-order valence-corrected chi connectivity index (χ3v) is 21.9. The molecular formula is C79H128N18O16S2. The Morgan fingerprint density at radius 2 is 1.04 bits per heavy atom. The number of likely N-dealkylation sites (tertiary alicyclic amines) is 3. The van der Waals surface area contributed by atoms with Crippen molar-refractivity contribution in [2.75, 3.05) is 50.5 Å². The number of nitrogens with zero attached hydrogens (tertiary/aromatic N) is 5. The molecule has 1 aromatic heterocycles. The number of hydrogen-bond acceptors (Lipinski definition) is 19. The molecule has 3 aliphatic heterocycles. The predicted octanol–water partition coefficient (Wildman–Crippen LogP) is 1.79. The van der Waals surface area contributed by atoms with Crippen LogP contribution in [0.3, 0.4) is 0 Å². The molecule has 36 heteroatoms. The SMILES string of the molecule is CCCCCCCCCCCCCCCC(=O)N[C@@H](CCC(=O)N[C@@H](CS)C(=O)N[C@@H](CCSC)C(=O)N1CCC[C@H]1C(=O)N[C@@H](CC(C)C)C(=O)N[C@@H](Cc1cnc[nH]1)C(=O)N[C@@H](CO)C(=O)N[C@@H](CCCN=C(N)N)C(=O)N[C@H](C(=O)N1CCC[C@H]1C(=O)N[C@@H](Cc1ccccc1)C(=O)N1CCC[C@H]1C(N)=O)C(C)C)C(=O)O. The number of carbonyl (C=O) groups is 14. The minimum atomic E-state index is -1.78. The summed E-state index contributed by atoms with van der Waals surface area (Å²) in [6.45, 7) is 8.54. The van der Waals surface area contributed by atoms with Crippen LogP contribution in [0.15, 0.2) is 47.8 Å². The Morgan fingerprint density at radius 1 is 0.548 bits per heavy atom. The van der Waals surface area contributed by atoms with E-state index in [2.05, 4.69) is 82.4 Å². The van der Waals surface area contributed by atoms with E-state index in [0.29, 0.717) is 43.6 Å². The lowest BCUT2D eigenvalue weighted by atomic mass is 10.0. The van der Waals surface area contributed by atoms with E-state index in [9.17, 15) is 77.3 Å². The summed E-state index contributed by atoms with van der Waals surface area (Å²) in [7, 11) is 0. The number of carboxylic acids is 1. The third kappa shape index (κ3) is 33.2. The Kier molecular flexibility index (Phi) is 43.5. The Bertz CT molecular complexity index is 3500. The fourth-order valence-electron chi connectivity index (χ4n) is 14.5. The number of aliphatic imine (C=N–C) groups is 1. The highest BCUT2D eigenvalue weighted by atomic mass is 32.2. The number of guanidine groups is 1. The number of thiol groups is 1. The zero-order chi connectivity index (χ0) is 84.5. The van der Waals surface area contributed by atoms with Gasteiger partial charge in [0.1, 0.15) is 72.5 Å². The molecule has 3 saturated heterocycles. The molecule has 0 aliphatic carbocycles. The quantitative estimate of drug-likeness (QED) is 0.0194. The highest BCUT2D eigenvalue weighted by Gasteiger charge is 2.44. The van der Waals surface area contributed by atoms with Gasteiger partial charge in [-0.25, -0.2) is 9.78 Å². The molecule has 0 bridgehead atoms. The summed E-state index contributed by atoms with van der Waals surface area (Å²) in [6.07, 6.45) is 20.6. The van der Waals surface area contributed by atoms with E-state index < -0.39 is 168 Å². The molecule has 0 unspecified atom stereocenters. The van der Waals surface area contributed by atoms with Gasteiger partial charge in [0.2, 0.25) is 76.8 Å². The number of nitrogens with two attached hydrogens (primary N) is 3. The second-order valence-electron chi connectivity index (χ2n) is 30.9. The molecule has 4 heterocycles. The second-order valence-corrected chi connectivity index (χ2v) is 32.2. The minimum Gasteiger partial charge on any atom is -0.480 e. The molecule has 3 fully saturated rings. The van der Waals surface area contributed by atoms with Crippen molar-refractivity contribution in [2.45, 2.75) is 287 Å². The average Bonchev–Trinajstić information content (AvgIpc) is 1.73. The Balaban J connectivity index is 1.22. The van der Waals surface area contributed by atoms with Crippen molar-refractivity contribution in [1.82, 2.24) is 72.5 Å². The van der Waals surface area contributed by atoms with Crippen molar-refractivity contribution >= 4 is 113 Å². The van der Waals surface area contributed by atoms with Gasteiger partial charge in [-0.15, -0.1) is 0 Å². The number of rotatable bonds is 54. The number of benzene rings is 1. The lowest BCUT2D eigenvalue weighted by Gasteiger charge is -2.33. The molecule has 34 nitrogen and oxygen atoms in total. The van der Waals surface area contributed by atoms with E-state index in [0.717, 1.165) is 31.2 Å². The number of carbonyl (C=O) groups excluding carboxylic acids is 13. The predicted molar refractivity (Wildman–Crippen MR) is 439 cm³/mol. The number of carboxylic acid groups (broad SMARTS) is 1. The van der Waals surface area contributed by atoms with Gasteiger partial charge in [0.25, 0.3) is 0 Å². The first-order chi connectivity index (χ1) is 55.0. The molecule has 1 aromatic carbocycles. The third-order valence-electron chi connectivity index (χ3n) is 20.9. The zero-order valence-corrected chi connectivity index (χ0v) is 69.5. The van der Waals surface area contributed by atoms with Gasteiger partial charge in [0.15, 0.2) is 5.96 Å². The summed E-state index contributed by atoms with van der Waals surface area (Å²) in [6, 6.07) is -6.50. The molecule has 12 atom stereocenters. The van der Waals surface area contributed by atoms with E-state index >= 15 is 0 Å². The number of aromatic amines is 1. The summed E-state index contributed by atoms with van der Waals surface area (Å²) in [4.78, 5) is 210. The van der Waals surface area contributed by atoms with E-state index in [4.69, 9.17) is 17.2 Å². The van der Waals surface area contributed by atoms with Gasteiger partial charge < -0.3 is 94.9 Å². The second kappa shape index (κ2) is 51.8. The molecule has 13 amide bonds. The van der Waals surface area contributed by atoms with E-state index in [-0.39, 0.29) is 114 Å². The maximum atomic E-state index is 14.7. The molecule has 18 N–H and O–H groups in total. The molecule has 0 spiro atoms. The Labute approximate surface area is 685 Å². The molecule has 3 aliphatic rings. The molecule has 115 heavy (non-hydrogen) atoms. The smallest absolute Gasteiger partial charge is 0.326 e. The maximum absolute atomic E-state index is 14.7. The van der Waals surface area contributed by atoms with Crippen LogP contribution in [0, 0.1) is 11.8 Å². The number of unbranched alkanes of at least 4 members (excludes halogenated alkanes) is 12. The lowest BCUT2D eigenvalue weighted by molar-refractivity contribution is -0.144. The number of aliphatic hydroxyl groups is 1. The first-order valence-corrected chi connectivity index (χ1v) is 43.0. The first-order valence-electron chi connectivity index (χ1n) is 40.9. The highest BCUT2D eigenvalue weighted by Crippen LogP contribution is 2.26. The first kappa shape index (κ1) is 96.5. The summed E-state index contributed by atoms with van der Waals surface area (Å²) >= 11 is 5.70. The number of aliphatic hydroxyl groups excluding tert-OH is 1. The van der Waals surface area contributed by atoms with Crippen LogP contribution in [0.1, 0.15) is 213 Å². The number of aromatic nitrogens is 2. The van der Waals surface area contributed by atoms with E-state index in [1.165, 1.54) is 90.4 Å². The van der Waals surface area contributed by atoms with Crippen molar-refractivity contribution in [3.63, 3.8) is 0 Å². The van der Waals surface area contributed by atoms with Gasteiger partial charge in [-0.3, -0.25) is 67.3 Å². The van der Waals surface area contributed by atoms with Crippen molar-refractivity contribution in [3.8, 4) is 0 Å². The summed E-state index contributed by atoms with van der Waals surface area (Å²) < 4.78 is 0. The Hall–Kier alpha value is -9.06. The largest absolute Gasteiger partial charge is 0.480 e. The maximum Gasteiger partial charge on any atom is 0.326 e. The number of imidazole rings is 1. The van der Waals surface area contributed by atoms with Gasteiger partial charge in [-0.2, -0.15) is 24.4 Å². The van der Waals surface area contributed by atoms with Crippen LogP contribution in [0.4, 0.5) is 0 Å². The highest BCUT2D eigenvalue weighted by molar-refractivity contribution is 7.98. The van der Waals surface area contributed by atoms with Crippen LogP contribution in [0.5, 0.6) is 0 Å². The van der Waals surface area contributed by atoms with Gasteiger partial charge >= 0.3 is 5.97 Å². The number of thioether (sulfide) groups is 1. The lowest BCUT2D eigenvalue weighted by Crippen LogP contribution is -2.62. The fourth-order valence-corrected chi connectivity index (χ4v) is 15.2. The molecule has 5 rings (SSSR count). The summed E-state index contributed by atoms with van der Waals surface area (Å²) in [5.41, 5.74) is 17.9. The van der Waals surface area contributed by atoms with Crippen molar-refractivity contribution in [1.29, 1.82) is 0 Å². The number of primary amides is 1. The van der Waals surface area contributed by atoms with Gasteiger partial charge in [0, 0.05) is 69.5 Å². The number of aliphatic carboxylic acids is 1. The van der Waals surface area contributed by atoms with Gasteiger partial charge in [-0.05, 0) is 106 Å². The fraction of sp³-hybridized carbons (Fsp3) is 0.696. The van der Waals surface area contributed by atoms with Crippen LogP contribution in [0.2, 0.25) is 0 Å². The van der Waals surface area contributed by atoms with Crippen molar-refractivity contribution < 1.29 is 77.3 Å².